The van der Waals surface area contributed by atoms with Crippen molar-refractivity contribution in [1.82, 2.24) is 14.4 Å². The second-order valence-electron chi connectivity index (χ2n) is 34.7. The highest BCUT2D eigenvalue weighted by molar-refractivity contribution is 7.89. The number of nitrogens with zero attached hydrogens (tertiary/aromatic N) is 3. The van der Waals surface area contributed by atoms with Gasteiger partial charge in [-0.2, -0.15) is 9.29 Å². The van der Waals surface area contributed by atoms with Gasteiger partial charge in [-0.25, -0.2) is 8.42 Å². The molecule has 6 fully saturated rings. The Balaban J connectivity index is 0.000000129. The maximum atomic E-state index is 13.0. The monoisotopic (exact) mass is 1710 g/mol. The Bertz CT molecular complexity index is 5770. The highest BCUT2D eigenvalue weighted by Crippen LogP contribution is 2.50. The number of Topliss-reactive ketones (excluding diaryl/α,β-unsaturated/α-hetero) is 6. The van der Waals surface area contributed by atoms with Crippen LogP contribution in [-0.2, 0) is 43.6 Å². The number of ketones is 6. The van der Waals surface area contributed by atoms with Gasteiger partial charge in [-0.3, -0.25) is 33.6 Å². The van der Waals surface area contributed by atoms with Crippen LogP contribution in [-0.4, -0.2) is 86.8 Å². The number of benzene rings is 5. The van der Waals surface area contributed by atoms with Crippen LogP contribution in [0.25, 0.3) is 27.9 Å². The Kier molecular flexibility index (Phi) is 29.5. The number of phenolic OH excluding ortho intramolecular Hbond substituents is 2. The van der Waals surface area contributed by atoms with Gasteiger partial charge in [0.05, 0.1) is 10.6 Å². The smallest absolute Gasteiger partial charge is 0.254 e. The second kappa shape index (κ2) is 40.3. The zero-order valence-electron chi connectivity index (χ0n) is 73.4. The van der Waals surface area contributed by atoms with E-state index < -0.39 is 15.9 Å². The molecule has 648 valence electrons. The number of anilines is 3. The number of carbonyl (C=O) groups excluding carboxylic acids is 7. The zero-order valence-corrected chi connectivity index (χ0v) is 74.9. The largest absolute Gasteiger partial charge is 0.508 e. The first-order chi connectivity index (χ1) is 59.5. The Morgan fingerprint density at radius 3 is 1.24 bits per heavy atom. The normalized spacial score (nSPS) is 19.3. The number of rotatable bonds is 11. The van der Waals surface area contributed by atoms with Crippen molar-refractivity contribution in [2.45, 2.75) is 260 Å². The fourth-order valence-electron chi connectivity index (χ4n) is 20.0. The average molecular weight is 1710 g/mol. The first-order valence-corrected chi connectivity index (χ1v) is 46.3. The number of aromatic hydroxyl groups is 2. The minimum Gasteiger partial charge on any atom is -0.508 e. The highest BCUT2D eigenvalue weighted by atomic mass is 35.5. The summed E-state index contributed by atoms with van der Waals surface area (Å²) in [6, 6.07) is 35.4. The van der Waals surface area contributed by atoms with Gasteiger partial charge in [-0.05, 0) is 341 Å². The molecular weight excluding hydrogens is 1590 g/mol. The summed E-state index contributed by atoms with van der Waals surface area (Å²) in [7, 11) is -3.73. The third-order valence-electron chi connectivity index (χ3n) is 25.9. The van der Waals surface area contributed by atoms with Crippen molar-refractivity contribution < 1.29 is 56.7 Å². The summed E-state index contributed by atoms with van der Waals surface area (Å²) in [4.78, 5) is 90.8. The molecule has 0 bridgehead atoms. The maximum absolute atomic E-state index is 13.0. The van der Waals surface area contributed by atoms with E-state index in [-0.39, 0.29) is 33.6 Å². The van der Waals surface area contributed by atoms with Crippen LogP contribution >= 0.6 is 11.6 Å². The van der Waals surface area contributed by atoms with Crippen molar-refractivity contribution in [1.29, 1.82) is 0 Å². The Hall–Kier alpha value is -11.0. The van der Waals surface area contributed by atoms with Crippen molar-refractivity contribution in [3.63, 3.8) is 0 Å². The number of hydrogen-bond donors (Lipinski definition) is 5. The summed E-state index contributed by atoms with van der Waals surface area (Å²) < 4.78 is 32.1. The van der Waals surface area contributed by atoms with Crippen LogP contribution in [0, 0.1) is 6.92 Å². The first-order valence-electron chi connectivity index (χ1n) is 44.5. The maximum Gasteiger partial charge on any atom is 0.254 e. The molecule has 0 spiro atoms. The molecule has 5 aromatic carbocycles. The van der Waals surface area contributed by atoms with Gasteiger partial charge in [-0.15, -0.1) is 0 Å². The molecule has 0 atom stereocenters. The number of amides is 1. The predicted molar refractivity (Wildman–Crippen MR) is 494 cm³/mol. The van der Waals surface area contributed by atoms with Crippen LogP contribution in [0.5, 0.6) is 11.5 Å². The molecular formula is C104H117ClN6O12S. The van der Waals surface area contributed by atoms with E-state index in [0.29, 0.717) is 115 Å². The van der Waals surface area contributed by atoms with Gasteiger partial charge in [-0.1, -0.05) is 119 Å². The van der Waals surface area contributed by atoms with Crippen LogP contribution < -0.4 is 16.8 Å². The summed E-state index contributed by atoms with van der Waals surface area (Å²) in [6.07, 6.45) is 26.5. The quantitative estimate of drug-likeness (QED) is 0.0595. The second-order valence-corrected chi connectivity index (χ2v) is 37.0. The van der Waals surface area contributed by atoms with Crippen LogP contribution in [0.2, 0.25) is 5.02 Å². The highest BCUT2D eigenvalue weighted by Gasteiger charge is 2.37. The number of sulfonamides is 1. The third kappa shape index (κ3) is 20.2. The number of hydrogen-bond acceptors (Lipinski definition) is 16. The Morgan fingerprint density at radius 1 is 0.419 bits per heavy atom. The number of nitrogen functional groups attached to an aromatic ring is 2. The summed E-state index contributed by atoms with van der Waals surface area (Å²) in [5, 5.41) is 27.1. The summed E-state index contributed by atoms with van der Waals surface area (Å²) >= 11 is 6.34. The molecule has 0 saturated heterocycles. The zero-order chi connectivity index (χ0) is 88.4. The van der Waals surface area contributed by atoms with E-state index in [9.17, 15) is 52.2 Å². The Morgan fingerprint density at radius 2 is 0.798 bits per heavy atom. The summed E-state index contributed by atoms with van der Waals surface area (Å²) in [6.45, 7) is 18.2. The third-order valence-corrected chi connectivity index (χ3v) is 28.2. The van der Waals surface area contributed by atoms with E-state index >= 15 is 0 Å². The average Bonchev–Trinajstić information content (AvgIpc) is 1.53. The number of halogens is 1. The van der Waals surface area contributed by atoms with Gasteiger partial charge in [0.1, 0.15) is 11.5 Å². The van der Waals surface area contributed by atoms with Crippen LogP contribution in [0.15, 0.2) is 231 Å². The molecule has 0 radical (unpaired) electrons. The van der Waals surface area contributed by atoms with Gasteiger partial charge in [0, 0.05) is 113 Å². The van der Waals surface area contributed by atoms with Gasteiger partial charge in [0.25, 0.3) is 11.8 Å². The SMILES string of the molecule is CC1=C2C(=O)CCCCC2=C(c2cc(N)ccc2Cl)C1.CC1=C2C(=O)CCCCC2=C(c2cccc(N)c2)C1.CC1=C2C(=O)CCCCC2=C(c2cccc(O)c2)C1.CC1=C2C(=O)CCCCC2=C(c2ccccc2)C1.CC1=C2C(=O)CCCCC2=C(c2nc(C)no2)C1.CCN(CC)S(=O)(=O)c1ccc(O)c(NC(=O)C2=C3CCCCC(=O)C3=C(C)C2)c1. The molecule has 7 N–H and O–H groups in total. The summed E-state index contributed by atoms with van der Waals surface area (Å²) in [5.74, 6) is 2.56. The number of carbonyl (C=O) groups is 7. The molecule has 124 heavy (non-hydrogen) atoms. The molecule has 1 aromatic heterocycles. The Labute approximate surface area is 735 Å². The van der Waals surface area contributed by atoms with E-state index in [1.54, 1.807) is 26.0 Å². The molecule has 0 aliphatic heterocycles. The molecule has 20 heteroatoms. The number of nitrogens with two attached hydrogens (primary N) is 2. The van der Waals surface area contributed by atoms with Gasteiger partial charge < -0.3 is 31.5 Å². The lowest BCUT2D eigenvalue weighted by atomic mass is 9.95. The lowest BCUT2D eigenvalue weighted by molar-refractivity contribution is -0.116. The van der Waals surface area contributed by atoms with Crippen LogP contribution in [0.4, 0.5) is 17.1 Å². The molecule has 18 nitrogen and oxygen atoms in total. The topological polar surface area (TPSA) is 300 Å². The summed E-state index contributed by atoms with van der Waals surface area (Å²) in [5.41, 5.74) is 44.1. The number of fused-ring (bicyclic) bond motifs is 6. The number of aryl methyl sites for hydroxylation is 1. The molecule has 12 aliphatic rings. The number of allylic oxidation sites excluding steroid dienone is 23. The van der Waals surface area contributed by atoms with Crippen LogP contribution in [0.1, 0.15) is 282 Å². The molecule has 18 rings (SSSR count). The molecule has 1 amide bonds. The van der Waals surface area contributed by atoms with E-state index in [4.69, 9.17) is 27.6 Å². The first kappa shape index (κ1) is 90.7. The van der Waals surface area contributed by atoms with E-state index in [1.165, 1.54) is 101 Å². The predicted octanol–water partition coefficient (Wildman–Crippen LogP) is 23.3. The molecule has 6 aromatic rings. The van der Waals surface area contributed by atoms with Crippen molar-refractivity contribution in [3.8, 4) is 11.5 Å². The van der Waals surface area contributed by atoms with Gasteiger partial charge in [0.15, 0.2) is 40.5 Å². The van der Waals surface area contributed by atoms with E-state index in [0.717, 1.165) is 220 Å². The number of nitrogens with one attached hydrogen (secondary N) is 1. The van der Waals surface area contributed by atoms with E-state index in [1.807, 2.05) is 75.4 Å². The molecule has 12 aliphatic carbocycles. The molecule has 1 heterocycles. The van der Waals surface area contributed by atoms with Crippen molar-refractivity contribution in [2.24, 2.45) is 0 Å². The van der Waals surface area contributed by atoms with Crippen LogP contribution in [0.3, 0.4) is 0 Å². The lowest BCUT2D eigenvalue weighted by Crippen LogP contribution is -2.30. The number of phenols is 2. The minimum atomic E-state index is -3.73. The molecule has 0 unspecified atom stereocenters. The van der Waals surface area contributed by atoms with Crippen molar-refractivity contribution in [3.05, 3.63) is 260 Å². The van der Waals surface area contributed by atoms with Gasteiger partial charge >= 0.3 is 0 Å². The lowest BCUT2D eigenvalue weighted by Gasteiger charge is -2.19. The molecule has 6 saturated carbocycles. The minimum absolute atomic E-state index is 0.00279. The van der Waals surface area contributed by atoms with Gasteiger partial charge in [0.2, 0.25) is 10.0 Å². The standard InChI is InChI=1S/C22H28N2O5S.C17H18ClNO.C17H19NO.C17H18O2.C17H18O.C14H16N2O2/c1-4-24(5-2)30(28,29)15-10-11-19(25)18(13-15)23-22(27)17-12-14(3)21-16(17)8-6-7-9-20(21)26;1-10-8-13(14-9-11(19)6-7-15(14)18)12-4-2-3-5-16(20)17(10)12;2*1-11-9-15(12-5-4-6-13(18)10-12)14-7-2-3-8-16(19)17(11)14;1-12-11-15(13-7-3-2-4-8-13)14-9-5-6-10-16(18)17(12)14;1-8-7-11(14-15-9(2)16-18-14)10-5-3-4-6-12(17)13(8)10/h10-11,13,25H,4-9,12H2,1-3H3,(H,23,27);6-7,9H,2-5,8,19H2,1H3;4-6,10H,2-3,7-9,18H2,1H3;4-6,10,18H,2-3,7-9H2,1H3;2-4,7-8H,5-6,9-11H2,1H3;3-7H2,1-2H3. The van der Waals surface area contributed by atoms with E-state index in [2.05, 4.69) is 73.5 Å². The van der Waals surface area contributed by atoms with Crippen molar-refractivity contribution >= 4 is 107 Å². The number of aromatic nitrogens is 2. The fourth-order valence-corrected chi connectivity index (χ4v) is 21.7. The van der Waals surface area contributed by atoms with Crippen molar-refractivity contribution in [2.75, 3.05) is 29.9 Å². The fraction of sp³-hybridized carbons (Fsp3) is 0.394.